The SMILES string of the molecule is Cc1cc([C@@H](C)Nc2ccc(Cl)nc2C(=O)O)c2nc(N3CCC[C@H]([C@H](C)O)C3)c(C#N)nc2c1. The van der Waals surface area contributed by atoms with Gasteiger partial charge in [-0.25, -0.2) is 19.7 Å². The first-order valence-electron chi connectivity index (χ1n) is 11.5. The molecule has 2 aromatic heterocycles. The normalized spacial score (nSPS) is 17.6. The van der Waals surface area contributed by atoms with Gasteiger partial charge in [0.15, 0.2) is 17.2 Å². The number of carbonyl (C=O) groups is 1. The lowest BCUT2D eigenvalue weighted by Crippen LogP contribution is -2.40. The van der Waals surface area contributed by atoms with Crippen molar-refractivity contribution < 1.29 is 15.0 Å². The highest BCUT2D eigenvalue weighted by Gasteiger charge is 2.27. The molecule has 0 unspecified atom stereocenters. The summed E-state index contributed by atoms with van der Waals surface area (Å²) in [5.41, 5.74) is 3.38. The zero-order valence-corrected chi connectivity index (χ0v) is 20.5. The van der Waals surface area contributed by atoms with Crippen molar-refractivity contribution in [2.75, 3.05) is 23.3 Å². The fraction of sp³-hybridized carbons (Fsp3) is 0.400. The first-order chi connectivity index (χ1) is 16.7. The number of nitrogens with zero attached hydrogens (tertiary/aromatic N) is 5. The van der Waals surface area contributed by atoms with Crippen LogP contribution in [0.3, 0.4) is 0 Å². The van der Waals surface area contributed by atoms with E-state index in [1.165, 1.54) is 6.07 Å². The van der Waals surface area contributed by atoms with E-state index in [1.807, 2.05) is 30.9 Å². The van der Waals surface area contributed by atoms with E-state index in [4.69, 9.17) is 16.6 Å². The maximum atomic E-state index is 11.7. The van der Waals surface area contributed by atoms with E-state index in [0.717, 1.165) is 30.5 Å². The van der Waals surface area contributed by atoms with Crippen molar-refractivity contribution >= 4 is 40.1 Å². The molecule has 1 aromatic carbocycles. The molecular formula is C25H27ClN6O3. The predicted octanol–water partition coefficient (Wildman–Crippen LogP) is 4.33. The molecule has 182 valence electrons. The lowest BCUT2D eigenvalue weighted by molar-refractivity contribution is 0.0691. The lowest BCUT2D eigenvalue weighted by Gasteiger charge is -2.35. The molecule has 3 aromatic rings. The molecule has 10 heteroatoms. The number of carboxylic acids is 1. The Hall–Kier alpha value is -3.48. The molecule has 4 rings (SSSR count). The average molecular weight is 495 g/mol. The predicted molar refractivity (Wildman–Crippen MR) is 134 cm³/mol. The third-order valence-electron chi connectivity index (χ3n) is 6.37. The molecule has 1 fully saturated rings. The van der Waals surface area contributed by atoms with Gasteiger partial charge < -0.3 is 20.4 Å². The zero-order chi connectivity index (χ0) is 25.3. The van der Waals surface area contributed by atoms with Gasteiger partial charge in [-0.3, -0.25) is 0 Å². The van der Waals surface area contributed by atoms with Crippen LogP contribution in [0.15, 0.2) is 24.3 Å². The number of aromatic nitrogens is 3. The Morgan fingerprint density at radius 3 is 2.74 bits per heavy atom. The van der Waals surface area contributed by atoms with Crippen LogP contribution in [-0.4, -0.2) is 50.3 Å². The second-order valence-electron chi connectivity index (χ2n) is 9.02. The summed E-state index contributed by atoms with van der Waals surface area (Å²) in [5.74, 6) is -0.588. The number of pyridine rings is 1. The lowest BCUT2D eigenvalue weighted by atomic mass is 9.93. The molecule has 3 heterocycles. The maximum Gasteiger partial charge on any atom is 0.356 e. The molecule has 3 atom stereocenters. The number of fused-ring (bicyclic) bond motifs is 1. The van der Waals surface area contributed by atoms with Crippen molar-refractivity contribution in [3.8, 4) is 6.07 Å². The Bertz CT molecular complexity index is 1320. The fourth-order valence-corrected chi connectivity index (χ4v) is 4.72. The number of benzene rings is 1. The molecule has 1 aliphatic heterocycles. The van der Waals surface area contributed by atoms with Crippen molar-refractivity contribution in [1.29, 1.82) is 5.26 Å². The van der Waals surface area contributed by atoms with Crippen LogP contribution in [0.1, 0.15) is 60.0 Å². The Kier molecular flexibility index (Phi) is 7.05. The standard InChI is InChI=1S/C25H27ClN6O3/c1-13-9-17(14(2)28-18-6-7-21(26)30-23(18)25(34)35)22-19(10-13)29-20(11-27)24(31-22)32-8-4-5-16(12-32)15(3)33/h6-7,9-10,14-16,28,33H,4-5,8,12H2,1-3H3,(H,34,35)/t14-,15+,16+/m1/s1. The van der Waals surface area contributed by atoms with Crippen molar-refractivity contribution in [1.82, 2.24) is 15.0 Å². The number of anilines is 2. The summed E-state index contributed by atoms with van der Waals surface area (Å²) in [6.07, 6.45) is 1.36. The van der Waals surface area contributed by atoms with Gasteiger partial charge in [0.2, 0.25) is 0 Å². The van der Waals surface area contributed by atoms with Gasteiger partial charge in [0, 0.05) is 24.6 Å². The summed E-state index contributed by atoms with van der Waals surface area (Å²) < 4.78 is 0. The number of nitriles is 1. The van der Waals surface area contributed by atoms with Gasteiger partial charge in [0.25, 0.3) is 0 Å². The van der Waals surface area contributed by atoms with Crippen LogP contribution in [-0.2, 0) is 0 Å². The van der Waals surface area contributed by atoms with E-state index in [0.29, 0.717) is 29.1 Å². The maximum absolute atomic E-state index is 11.7. The average Bonchev–Trinajstić information content (AvgIpc) is 2.83. The van der Waals surface area contributed by atoms with Crippen LogP contribution in [0, 0.1) is 24.2 Å². The minimum atomic E-state index is -1.19. The van der Waals surface area contributed by atoms with E-state index >= 15 is 0 Å². The minimum Gasteiger partial charge on any atom is -0.476 e. The zero-order valence-electron chi connectivity index (χ0n) is 19.8. The number of hydrogen-bond acceptors (Lipinski definition) is 8. The molecule has 0 amide bonds. The summed E-state index contributed by atoms with van der Waals surface area (Å²) in [6, 6.07) is 8.81. The van der Waals surface area contributed by atoms with Gasteiger partial charge in [-0.1, -0.05) is 17.7 Å². The van der Waals surface area contributed by atoms with E-state index in [2.05, 4.69) is 21.4 Å². The summed E-state index contributed by atoms with van der Waals surface area (Å²) in [7, 11) is 0. The molecule has 9 nitrogen and oxygen atoms in total. The smallest absolute Gasteiger partial charge is 0.356 e. The largest absolute Gasteiger partial charge is 0.476 e. The third kappa shape index (κ3) is 5.14. The molecular weight excluding hydrogens is 468 g/mol. The summed E-state index contributed by atoms with van der Waals surface area (Å²) in [4.78, 5) is 27.2. The van der Waals surface area contributed by atoms with Crippen LogP contribution in [0.5, 0.6) is 0 Å². The number of carboxylic acid groups (broad SMARTS) is 1. The monoisotopic (exact) mass is 494 g/mol. The first kappa shape index (κ1) is 24.6. The number of aliphatic hydroxyl groups is 1. The van der Waals surface area contributed by atoms with E-state index in [-0.39, 0.29) is 28.5 Å². The van der Waals surface area contributed by atoms with Crippen LogP contribution < -0.4 is 10.2 Å². The van der Waals surface area contributed by atoms with Crippen molar-refractivity contribution in [3.05, 3.63) is 51.9 Å². The highest BCUT2D eigenvalue weighted by Crippen LogP contribution is 2.32. The topological polar surface area (TPSA) is 135 Å². The van der Waals surface area contributed by atoms with Gasteiger partial charge in [-0.15, -0.1) is 0 Å². The van der Waals surface area contributed by atoms with Gasteiger partial charge >= 0.3 is 5.97 Å². The Labute approximate surface area is 208 Å². The van der Waals surface area contributed by atoms with Gasteiger partial charge in [0.1, 0.15) is 11.2 Å². The Morgan fingerprint density at radius 1 is 1.29 bits per heavy atom. The second kappa shape index (κ2) is 10.0. The Balaban J connectivity index is 1.78. The molecule has 0 spiro atoms. The van der Waals surface area contributed by atoms with Crippen LogP contribution in [0.4, 0.5) is 11.5 Å². The van der Waals surface area contributed by atoms with Gasteiger partial charge in [-0.05, 0) is 57.4 Å². The minimum absolute atomic E-state index is 0.0951. The number of hydrogen-bond donors (Lipinski definition) is 3. The van der Waals surface area contributed by atoms with Crippen molar-refractivity contribution in [2.24, 2.45) is 5.92 Å². The number of aliphatic hydroxyl groups excluding tert-OH is 1. The first-order valence-corrected chi connectivity index (χ1v) is 11.9. The quantitative estimate of drug-likeness (QED) is 0.428. The number of nitrogens with one attached hydrogen (secondary N) is 1. The molecule has 0 radical (unpaired) electrons. The van der Waals surface area contributed by atoms with Crippen LogP contribution in [0.2, 0.25) is 5.15 Å². The molecule has 1 saturated heterocycles. The molecule has 0 bridgehead atoms. The highest BCUT2D eigenvalue weighted by molar-refractivity contribution is 6.29. The molecule has 0 saturated carbocycles. The molecule has 35 heavy (non-hydrogen) atoms. The summed E-state index contributed by atoms with van der Waals surface area (Å²) >= 11 is 5.90. The van der Waals surface area contributed by atoms with Crippen LogP contribution in [0.25, 0.3) is 11.0 Å². The molecule has 0 aliphatic carbocycles. The highest BCUT2D eigenvalue weighted by atomic mass is 35.5. The van der Waals surface area contributed by atoms with Crippen molar-refractivity contribution in [3.63, 3.8) is 0 Å². The fourth-order valence-electron chi connectivity index (χ4n) is 4.57. The number of piperidine rings is 1. The second-order valence-corrected chi connectivity index (χ2v) is 9.41. The van der Waals surface area contributed by atoms with Gasteiger partial charge in [-0.2, -0.15) is 5.26 Å². The third-order valence-corrected chi connectivity index (χ3v) is 6.58. The van der Waals surface area contributed by atoms with E-state index in [9.17, 15) is 20.3 Å². The number of aromatic carboxylic acids is 1. The molecule has 3 N–H and O–H groups in total. The molecule has 1 aliphatic rings. The van der Waals surface area contributed by atoms with Gasteiger partial charge in [0.05, 0.1) is 28.9 Å². The van der Waals surface area contributed by atoms with E-state index in [1.54, 1.807) is 13.0 Å². The van der Waals surface area contributed by atoms with Crippen LogP contribution >= 0.6 is 11.6 Å². The Morgan fingerprint density at radius 2 is 2.06 bits per heavy atom. The number of halogens is 1. The summed E-state index contributed by atoms with van der Waals surface area (Å²) in [6.45, 7) is 6.95. The number of aryl methyl sites for hydroxylation is 1. The van der Waals surface area contributed by atoms with Crippen molar-refractivity contribution in [2.45, 2.75) is 45.8 Å². The van der Waals surface area contributed by atoms with E-state index < -0.39 is 12.1 Å². The summed E-state index contributed by atoms with van der Waals surface area (Å²) in [5, 5.41) is 32.8. The number of rotatable bonds is 6.